The number of rotatable bonds is 4. The normalized spacial score (nSPS) is 15.9. The van der Waals surface area contributed by atoms with Crippen molar-refractivity contribution in [3.8, 4) is 56.3 Å². The van der Waals surface area contributed by atoms with E-state index in [-0.39, 0.29) is 5.92 Å². The van der Waals surface area contributed by atoms with E-state index in [1.54, 1.807) is 0 Å². The largest absolute Gasteiger partial charge is 0.457 e. The molecule has 6 aromatic carbocycles. The monoisotopic (exact) mass is 640 g/mol. The van der Waals surface area contributed by atoms with Gasteiger partial charge in [0.15, 0.2) is 0 Å². The van der Waals surface area contributed by atoms with Crippen LogP contribution < -0.4 is 4.74 Å². The third-order valence-corrected chi connectivity index (χ3v) is 10.5. The zero-order valence-electron chi connectivity index (χ0n) is 27.3. The highest BCUT2D eigenvalue weighted by atomic mass is 16.5. The summed E-state index contributed by atoms with van der Waals surface area (Å²) in [6, 6.07) is 54.1. The second kappa shape index (κ2) is 11.4. The lowest BCUT2D eigenvalue weighted by Crippen LogP contribution is -2.32. The summed E-state index contributed by atoms with van der Waals surface area (Å²) in [4.78, 5) is 10.5. The van der Waals surface area contributed by atoms with Gasteiger partial charge >= 0.3 is 0 Å². The molecule has 2 heterocycles. The molecular formula is C47H32N2O. The van der Waals surface area contributed by atoms with Gasteiger partial charge in [-0.25, -0.2) is 9.97 Å². The number of fused-ring (bicyclic) bond motifs is 9. The second-order valence-corrected chi connectivity index (χ2v) is 13.2. The molecule has 0 radical (unpaired) electrons. The van der Waals surface area contributed by atoms with Crippen molar-refractivity contribution < 1.29 is 4.74 Å². The number of ether oxygens (including phenoxy) is 1. The molecular weight excluding hydrogens is 609 g/mol. The molecule has 236 valence electrons. The third kappa shape index (κ3) is 4.37. The van der Waals surface area contributed by atoms with Crippen LogP contribution in [0, 0.1) is 0 Å². The van der Waals surface area contributed by atoms with E-state index in [2.05, 4.69) is 170 Å². The molecule has 3 nitrogen and oxygen atoms in total. The Kier molecular flexibility index (Phi) is 6.53. The minimum atomic E-state index is -0.532. The Labute approximate surface area is 291 Å². The topological polar surface area (TPSA) is 35.0 Å². The average molecular weight is 641 g/mol. The van der Waals surface area contributed by atoms with Gasteiger partial charge in [-0.15, -0.1) is 0 Å². The highest BCUT2D eigenvalue weighted by Gasteiger charge is 2.51. The third-order valence-electron chi connectivity index (χ3n) is 10.5. The van der Waals surface area contributed by atoms with Crippen LogP contribution in [0.5, 0.6) is 11.5 Å². The summed E-state index contributed by atoms with van der Waals surface area (Å²) in [5.41, 5.74) is 13.1. The lowest BCUT2D eigenvalue weighted by Gasteiger charge is -2.39. The summed E-state index contributed by atoms with van der Waals surface area (Å²) in [7, 11) is 0. The van der Waals surface area contributed by atoms with Crippen LogP contribution in [-0.2, 0) is 5.41 Å². The minimum absolute atomic E-state index is 0.107. The van der Waals surface area contributed by atoms with Crippen LogP contribution in [0.15, 0.2) is 176 Å². The zero-order valence-corrected chi connectivity index (χ0v) is 27.3. The van der Waals surface area contributed by atoms with E-state index < -0.39 is 5.41 Å². The Bertz CT molecular complexity index is 2450. The minimum Gasteiger partial charge on any atom is -0.457 e. The number of aromatic nitrogens is 2. The van der Waals surface area contributed by atoms with Crippen LogP contribution >= 0.6 is 0 Å². The molecule has 1 aliphatic heterocycles. The fraction of sp³-hybridized carbons (Fsp3) is 0.0638. The molecule has 1 unspecified atom stereocenters. The summed E-state index contributed by atoms with van der Waals surface area (Å²) in [5, 5.41) is 0. The maximum absolute atomic E-state index is 6.70. The van der Waals surface area contributed by atoms with Crippen molar-refractivity contribution in [1.82, 2.24) is 9.97 Å². The predicted molar refractivity (Wildman–Crippen MR) is 201 cm³/mol. The maximum Gasteiger partial charge on any atom is 0.136 e. The van der Waals surface area contributed by atoms with Gasteiger partial charge in [-0.2, -0.15) is 0 Å². The molecule has 0 saturated heterocycles. The smallest absolute Gasteiger partial charge is 0.136 e. The molecule has 0 bridgehead atoms. The molecule has 1 spiro atoms. The van der Waals surface area contributed by atoms with E-state index >= 15 is 0 Å². The summed E-state index contributed by atoms with van der Waals surface area (Å²) >= 11 is 0. The highest BCUT2D eigenvalue weighted by Crippen LogP contribution is 2.62. The van der Waals surface area contributed by atoms with Crippen molar-refractivity contribution in [2.24, 2.45) is 0 Å². The van der Waals surface area contributed by atoms with Gasteiger partial charge in [-0.3, -0.25) is 0 Å². The Morgan fingerprint density at radius 2 is 1.06 bits per heavy atom. The van der Waals surface area contributed by atoms with E-state index in [9.17, 15) is 0 Å². The van der Waals surface area contributed by atoms with Crippen LogP contribution in [0.2, 0.25) is 0 Å². The first-order valence-corrected chi connectivity index (χ1v) is 17.3. The fourth-order valence-corrected chi connectivity index (χ4v) is 8.18. The van der Waals surface area contributed by atoms with Crippen molar-refractivity contribution >= 4 is 0 Å². The molecule has 0 N–H and O–H groups in total. The van der Waals surface area contributed by atoms with E-state index in [1.165, 1.54) is 33.4 Å². The molecule has 0 amide bonds. The molecule has 50 heavy (non-hydrogen) atoms. The molecule has 1 atom stereocenters. The van der Waals surface area contributed by atoms with Gasteiger partial charge in [-0.1, -0.05) is 146 Å². The highest BCUT2D eigenvalue weighted by molar-refractivity contribution is 5.89. The van der Waals surface area contributed by atoms with Crippen LogP contribution in [-0.4, -0.2) is 9.97 Å². The first-order chi connectivity index (χ1) is 24.8. The van der Waals surface area contributed by atoms with Gasteiger partial charge in [-0.05, 0) is 70.1 Å². The molecule has 10 rings (SSSR count). The number of para-hydroxylation sites is 1. The quantitative estimate of drug-likeness (QED) is 0.192. The fourth-order valence-electron chi connectivity index (χ4n) is 8.18. The van der Waals surface area contributed by atoms with Crippen LogP contribution in [0.3, 0.4) is 0 Å². The number of benzene rings is 6. The van der Waals surface area contributed by atoms with Gasteiger partial charge in [0.1, 0.15) is 17.3 Å². The maximum atomic E-state index is 6.70. The van der Waals surface area contributed by atoms with E-state index in [4.69, 9.17) is 14.7 Å². The van der Waals surface area contributed by atoms with Crippen molar-refractivity contribution in [3.63, 3.8) is 0 Å². The SMILES string of the molecule is C1=CCC(c2nc(-c3ccc(-c4ccccc4)cc3)cc(-c3ccc4c(c3)C3(c5ccccc5O4)c4ccccc4-c4ccccc43)n2)C=C1. The van der Waals surface area contributed by atoms with Crippen molar-refractivity contribution in [3.05, 3.63) is 204 Å². The molecule has 3 heteroatoms. The summed E-state index contributed by atoms with van der Waals surface area (Å²) in [6.45, 7) is 0. The number of allylic oxidation sites excluding steroid dienone is 4. The Morgan fingerprint density at radius 3 is 1.78 bits per heavy atom. The summed E-state index contributed by atoms with van der Waals surface area (Å²) in [5.74, 6) is 2.69. The predicted octanol–water partition coefficient (Wildman–Crippen LogP) is 11.5. The Balaban J connectivity index is 1.17. The van der Waals surface area contributed by atoms with E-state index in [0.29, 0.717) is 0 Å². The van der Waals surface area contributed by atoms with Gasteiger partial charge in [0.05, 0.1) is 16.8 Å². The number of nitrogens with zero attached hydrogens (tertiary/aromatic N) is 2. The molecule has 0 saturated carbocycles. The van der Waals surface area contributed by atoms with E-state index in [1.807, 2.05) is 6.07 Å². The zero-order chi connectivity index (χ0) is 33.1. The van der Waals surface area contributed by atoms with Crippen LogP contribution in [0.25, 0.3) is 44.8 Å². The van der Waals surface area contributed by atoms with E-state index in [0.717, 1.165) is 57.4 Å². The average Bonchev–Trinajstić information content (AvgIpc) is 3.49. The molecule has 2 aliphatic carbocycles. The van der Waals surface area contributed by atoms with Gasteiger partial charge < -0.3 is 4.74 Å². The Hall–Kier alpha value is -6.32. The summed E-state index contributed by atoms with van der Waals surface area (Å²) in [6.07, 6.45) is 9.48. The van der Waals surface area contributed by atoms with Crippen molar-refractivity contribution in [2.45, 2.75) is 17.8 Å². The Morgan fingerprint density at radius 1 is 0.480 bits per heavy atom. The van der Waals surface area contributed by atoms with Gasteiger partial charge in [0.25, 0.3) is 0 Å². The van der Waals surface area contributed by atoms with Crippen molar-refractivity contribution in [2.75, 3.05) is 0 Å². The summed E-state index contributed by atoms with van der Waals surface area (Å²) < 4.78 is 6.70. The number of hydrogen-bond acceptors (Lipinski definition) is 3. The van der Waals surface area contributed by atoms with Gasteiger partial charge in [0.2, 0.25) is 0 Å². The molecule has 3 aliphatic rings. The molecule has 7 aromatic rings. The van der Waals surface area contributed by atoms with Crippen LogP contribution in [0.1, 0.15) is 40.4 Å². The molecule has 0 fully saturated rings. The number of hydrogen-bond donors (Lipinski definition) is 0. The van der Waals surface area contributed by atoms with Gasteiger partial charge in [0, 0.05) is 28.2 Å². The lowest BCUT2D eigenvalue weighted by atomic mass is 9.66. The first kappa shape index (κ1) is 28.7. The lowest BCUT2D eigenvalue weighted by molar-refractivity contribution is 0.436. The van der Waals surface area contributed by atoms with Crippen molar-refractivity contribution in [1.29, 1.82) is 0 Å². The first-order valence-electron chi connectivity index (χ1n) is 17.3. The molecule has 1 aromatic heterocycles. The van der Waals surface area contributed by atoms with Crippen LogP contribution in [0.4, 0.5) is 0 Å². The standard InChI is InChI=1S/C47H32N2O/c1-3-13-31(14-4-1)32-23-25-33(26-24-32)42-30-43(49-46(48-42)34-15-5-2-6-16-34)35-27-28-45-41(29-35)47(40-21-11-12-22-44(40)50-45)38-19-9-7-17-36(38)37-18-8-10-20-39(37)47/h1-15,17-30,34H,16H2. The second-order valence-electron chi connectivity index (χ2n) is 13.2.